The summed E-state index contributed by atoms with van der Waals surface area (Å²) in [6.45, 7) is 3.27. The molecule has 10 heteroatoms. The van der Waals surface area contributed by atoms with Crippen LogP contribution in [-0.2, 0) is 9.47 Å². The van der Waals surface area contributed by atoms with Crippen molar-refractivity contribution in [3.8, 4) is 0 Å². The fourth-order valence-electron chi connectivity index (χ4n) is 4.65. The van der Waals surface area contributed by atoms with Crippen LogP contribution in [0.25, 0.3) is 11.0 Å². The number of hydrogen-bond donors (Lipinski definition) is 3. The van der Waals surface area contributed by atoms with Crippen molar-refractivity contribution in [2.45, 2.75) is 44.1 Å². The van der Waals surface area contributed by atoms with Crippen molar-refractivity contribution in [2.24, 2.45) is 0 Å². The zero-order chi connectivity index (χ0) is 23.3. The summed E-state index contributed by atoms with van der Waals surface area (Å²) in [5, 5.41) is 16.9. The fourth-order valence-corrected chi connectivity index (χ4v) is 4.65. The lowest BCUT2D eigenvalue weighted by molar-refractivity contribution is -0.0800. The molecule has 1 saturated carbocycles. The average Bonchev–Trinajstić information content (AvgIpc) is 2.90. The van der Waals surface area contributed by atoms with Crippen LogP contribution in [-0.4, -0.2) is 70.5 Å². The molecule has 0 bridgehead atoms. The minimum Gasteiger partial charge on any atom is -0.380 e. The summed E-state index contributed by atoms with van der Waals surface area (Å²) >= 11 is 0. The summed E-state index contributed by atoms with van der Waals surface area (Å²) < 4.78 is 10.4. The van der Waals surface area contributed by atoms with Gasteiger partial charge in [0, 0.05) is 50.4 Å². The molecule has 0 spiro atoms. The molecule has 5 rings (SSSR count). The molecule has 3 aromatic rings. The first kappa shape index (κ1) is 22.7. The molecule has 3 heterocycles. The van der Waals surface area contributed by atoms with Crippen LogP contribution in [0.15, 0.2) is 36.9 Å². The number of ether oxygens (including phenoxy) is 2. The van der Waals surface area contributed by atoms with Crippen LogP contribution >= 0.6 is 0 Å². The third-order valence-electron chi connectivity index (χ3n) is 6.52. The maximum Gasteiger partial charge on any atom is 0.199 e. The Balaban J connectivity index is 1.22. The summed E-state index contributed by atoms with van der Waals surface area (Å²) in [6, 6.07) is 5.03. The minimum atomic E-state index is -1.05. The van der Waals surface area contributed by atoms with E-state index < -0.39 is 6.29 Å². The molecule has 3 N–H and O–H groups in total. The third-order valence-corrected chi connectivity index (χ3v) is 6.52. The SMILES string of the molecule is COC(O)c1cnc(N[C@H]2CC[C@@H](Nc3cc(N4CCOCC4)cc4nccnc34)CC2)cn1. The molecule has 1 aliphatic carbocycles. The first-order valence-electron chi connectivity index (χ1n) is 11.8. The topological polar surface area (TPSA) is 118 Å². The molecule has 1 saturated heterocycles. The van der Waals surface area contributed by atoms with Crippen molar-refractivity contribution in [2.75, 3.05) is 48.9 Å². The van der Waals surface area contributed by atoms with Gasteiger partial charge < -0.3 is 30.1 Å². The minimum absolute atomic E-state index is 0.335. The lowest BCUT2D eigenvalue weighted by atomic mass is 9.91. The van der Waals surface area contributed by atoms with Gasteiger partial charge in [-0.05, 0) is 37.8 Å². The first-order chi connectivity index (χ1) is 16.7. The molecule has 2 fully saturated rings. The van der Waals surface area contributed by atoms with E-state index in [1.165, 1.54) is 13.3 Å². The van der Waals surface area contributed by atoms with E-state index in [2.05, 4.69) is 47.6 Å². The zero-order valence-electron chi connectivity index (χ0n) is 19.4. The van der Waals surface area contributed by atoms with Gasteiger partial charge in [-0.3, -0.25) is 15.0 Å². The second kappa shape index (κ2) is 10.5. The van der Waals surface area contributed by atoms with Crippen molar-refractivity contribution >= 4 is 28.2 Å². The molecule has 2 aliphatic rings. The number of methoxy groups -OCH3 is 1. The summed E-state index contributed by atoms with van der Waals surface area (Å²) in [7, 11) is 1.43. The normalized spacial score (nSPS) is 21.9. The first-order valence-corrected chi connectivity index (χ1v) is 11.8. The van der Waals surface area contributed by atoms with Crippen molar-refractivity contribution in [3.05, 3.63) is 42.6 Å². The molecule has 1 aliphatic heterocycles. The molecule has 1 unspecified atom stereocenters. The van der Waals surface area contributed by atoms with Gasteiger partial charge in [-0.15, -0.1) is 0 Å². The summed E-state index contributed by atoms with van der Waals surface area (Å²) in [6.07, 6.45) is 9.75. The molecule has 34 heavy (non-hydrogen) atoms. The molecule has 1 atom stereocenters. The van der Waals surface area contributed by atoms with Gasteiger partial charge in [0.05, 0.1) is 36.8 Å². The predicted octanol–water partition coefficient (Wildman–Crippen LogP) is 2.73. The van der Waals surface area contributed by atoms with E-state index in [1.807, 2.05) is 0 Å². The maximum absolute atomic E-state index is 9.68. The van der Waals surface area contributed by atoms with Gasteiger partial charge in [0.25, 0.3) is 0 Å². The fraction of sp³-hybridized carbons (Fsp3) is 0.500. The van der Waals surface area contributed by atoms with Crippen LogP contribution < -0.4 is 15.5 Å². The van der Waals surface area contributed by atoms with Gasteiger partial charge in [-0.1, -0.05) is 0 Å². The number of aromatic nitrogens is 4. The monoisotopic (exact) mass is 465 g/mol. The highest BCUT2D eigenvalue weighted by Crippen LogP contribution is 2.31. The molecule has 1 aromatic carbocycles. The molecule has 180 valence electrons. The van der Waals surface area contributed by atoms with E-state index in [0.717, 1.165) is 74.4 Å². The van der Waals surface area contributed by atoms with Gasteiger partial charge in [0.1, 0.15) is 17.0 Å². The molecule has 0 amide bonds. The Morgan fingerprint density at radius 1 is 0.971 bits per heavy atom. The number of rotatable bonds is 7. The number of aliphatic hydroxyl groups excluding tert-OH is 1. The number of morpholine rings is 1. The van der Waals surface area contributed by atoms with E-state index in [-0.39, 0.29) is 0 Å². The van der Waals surface area contributed by atoms with Gasteiger partial charge in [0.15, 0.2) is 6.29 Å². The molecular formula is C24H31N7O3. The van der Waals surface area contributed by atoms with Crippen molar-refractivity contribution in [1.82, 2.24) is 19.9 Å². The number of anilines is 3. The molecule has 10 nitrogen and oxygen atoms in total. The van der Waals surface area contributed by atoms with Crippen LogP contribution in [0.4, 0.5) is 17.2 Å². The summed E-state index contributed by atoms with van der Waals surface area (Å²) in [4.78, 5) is 20.1. The number of hydrogen-bond acceptors (Lipinski definition) is 10. The molecular weight excluding hydrogens is 434 g/mol. The van der Waals surface area contributed by atoms with E-state index in [4.69, 9.17) is 9.47 Å². The number of aliphatic hydroxyl groups is 1. The highest BCUT2D eigenvalue weighted by molar-refractivity contribution is 5.91. The quantitative estimate of drug-likeness (QED) is 0.450. The third kappa shape index (κ3) is 5.19. The lowest BCUT2D eigenvalue weighted by Gasteiger charge is -2.32. The maximum atomic E-state index is 9.68. The van der Waals surface area contributed by atoms with Gasteiger partial charge >= 0.3 is 0 Å². The highest BCUT2D eigenvalue weighted by Gasteiger charge is 2.23. The van der Waals surface area contributed by atoms with E-state index in [9.17, 15) is 5.11 Å². The van der Waals surface area contributed by atoms with Crippen LogP contribution in [0.3, 0.4) is 0 Å². The number of fused-ring (bicyclic) bond motifs is 1. The Morgan fingerprint density at radius 2 is 1.71 bits per heavy atom. The summed E-state index contributed by atoms with van der Waals surface area (Å²) in [5.41, 5.74) is 4.42. The number of nitrogens with one attached hydrogen (secondary N) is 2. The Kier molecular flexibility index (Phi) is 6.98. The number of nitrogens with zero attached hydrogens (tertiary/aromatic N) is 5. The zero-order valence-corrected chi connectivity index (χ0v) is 19.4. The van der Waals surface area contributed by atoms with E-state index in [0.29, 0.717) is 23.6 Å². The Hall–Kier alpha value is -3.08. The highest BCUT2D eigenvalue weighted by atomic mass is 16.6. The lowest BCUT2D eigenvalue weighted by Crippen LogP contribution is -2.36. The standard InChI is InChI=1S/C24H31N7O3/c1-33-24(32)21-14-28-22(15-27-21)30-17-4-2-16(3-5-17)29-20-13-18(31-8-10-34-11-9-31)12-19-23(20)26-7-6-25-19/h6-7,12-17,24,29,32H,2-5,8-11H2,1H3,(H,28,30)/t16-,17+,24?. The van der Waals surface area contributed by atoms with Crippen molar-refractivity contribution < 1.29 is 14.6 Å². The average molecular weight is 466 g/mol. The van der Waals surface area contributed by atoms with Gasteiger partial charge in [-0.2, -0.15) is 0 Å². The Labute approximate surface area is 198 Å². The second-order valence-electron chi connectivity index (χ2n) is 8.77. The predicted molar refractivity (Wildman–Crippen MR) is 130 cm³/mol. The van der Waals surface area contributed by atoms with Gasteiger partial charge in [0.2, 0.25) is 0 Å². The molecule has 2 aromatic heterocycles. The number of benzene rings is 1. The summed E-state index contributed by atoms with van der Waals surface area (Å²) in [5.74, 6) is 0.711. The Morgan fingerprint density at radius 3 is 2.41 bits per heavy atom. The van der Waals surface area contributed by atoms with Crippen LogP contribution in [0, 0.1) is 0 Å². The smallest absolute Gasteiger partial charge is 0.199 e. The van der Waals surface area contributed by atoms with Crippen LogP contribution in [0.2, 0.25) is 0 Å². The molecule has 0 radical (unpaired) electrons. The van der Waals surface area contributed by atoms with Crippen molar-refractivity contribution in [1.29, 1.82) is 0 Å². The van der Waals surface area contributed by atoms with Gasteiger partial charge in [-0.25, -0.2) is 4.98 Å². The van der Waals surface area contributed by atoms with Crippen molar-refractivity contribution in [3.63, 3.8) is 0 Å². The van der Waals surface area contributed by atoms with E-state index in [1.54, 1.807) is 18.6 Å². The Bertz CT molecular complexity index is 1080. The van der Waals surface area contributed by atoms with Crippen LogP contribution in [0.1, 0.15) is 37.7 Å². The van der Waals surface area contributed by atoms with Crippen LogP contribution in [0.5, 0.6) is 0 Å². The second-order valence-corrected chi connectivity index (χ2v) is 8.77. The largest absolute Gasteiger partial charge is 0.380 e. The van der Waals surface area contributed by atoms with E-state index >= 15 is 0 Å².